The number of piperidine rings is 1. The van der Waals surface area contributed by atoms with E-state index in [1.807, 2.05) is 4.90 Å². The second kappa shape index (κ2) is 9.77. The Balaban J connectivity index is 2.22. The molecule has 0 spiro atoms. The molecule has 1 aliphatic rings. The number of amides is 2. The van der Waals surface area contributed by atoms with Gasteiger partial charge in [0, 0.05) is 19.5 Å². The quantitative estimate of drug-likeness (QED) is 0.713. The maximum absolute atomic E-state index is 11.9. The molecule has 1 saturated heterocycles. The predicted octanol–water partition coefficient (Wildman–Crippen LogP) is 1.52. The van der Waals surface area contributed by atoms with Crippen LogP contribution in [0.3, 0.4) is 0 Å². The van der Waals surface area contributed by atoms with Gasteiger partial charge in [-0.15, -0.1) is 0 Å². The van der Waals surface area contributed by atoms with Crippen molar-refractivity contribution in [1.82, 2.24) is 10.2 Å². The lowest BCUT2D eigenvalue weighted by Gasteiger charge is -2.26. The average Bonchev–Trinajstić information content (AvgIpc) is 2.49. The third-order valence-electron chi connectivity index (χ3n) is 4.37. The minimum absolute atomic E-state index is 0.0250. The van der Waals surface area contributed by atoms with Crippen molar-refractivity contribution in [3.05, 3.63) is 0 Å². The number of hydrogen-bond donors (Lipinski definition) is 2. The van der Waals surface area contributed by atoms with Gasteiger partial charge in [-0.3, -0.25) is 9.59 Å². The first-order valence-corrected chi connectivity index (χ1v) is 8.29. The number of carbonyl (C=O) groups is 2. The number of hydrogen-bond acceptors (Lipinski definition) is 3. The molecule has 0 aromatic carbocycles. The zero-order valence-corrected chi connectivity index (χ0v) is 13.6. The van der Waals surface area contributed by atoms with Gasteiger partial charge in [0.15, 0.2) is 0 Å². The normalized spacial score (nSPS) is 16.9. The number of nitrogens with two attached hydrogens (primary N) is 1. The second-order valence-electron chi connectivity index (χ2n) is 6.34. The Labute approximate surface area is 128 Å². The molecule has 0 aliphatic carbocycles. The van der Waals surface area contributed by atoms with Crippen LogP contribution in [-0.4, -0.2) is 42.9 Å². The third kappa shape index (κ3) is 6.93. The molecule has 1 unspecified atom stereocenters. The highest BCUT2D eigenvalue weighted by atomic mass is 16.2. The van der Waals surface area contributed by atoms with Crippen molar-refractivity contribution in [3.8, 4) is 0 Å². The third-order valence-corrected chi connectivity index (χ3v) is 4.37. The van der Waals surface area contributed by atoms with E-state index in [0.717, 1.165) is 38.8 Å². The van der Waals surface area contributed by atoms with Crippen molar-refractivity contribution < 1.29 is 9.59 Å². The van der Waals surface area contributed by atoms with Gasteiger partial charge in [-0.05, 0) is 50.5 Å². The lowest BCUT2D eigenvalue weighted by molar-refractivity contribution is -0.133. The molecular weight excluding hydrogens is 266 g/mol. The Morgan fingerprint density at radius 3 is 2.38 bits per heavy atom. The molecule has 122 valence electrons. The fraction of sp³-hybridized carbons (Fsp3) is 0.875. The van der Waals surface area contributed by atoms with E-state index >= 15 is 0 Å². The van der Waals surface area contributed by atoms with E-state index in [4.69, 9.17) is 5.73 Å². The molecule has 21 heavy (non-hydrogen) atoms. The Morgan fingerprint density at radius 2 is 1.81 bits per heavy atom. The minimum Gasteiger partial charge on any atom is -0.347 e. The van der Waals surface area contributed by atoms with E-state index in [1.54, 1.807) is 0 Å². The van der Waals surface area contributed by atoms with Gasteiger partial charge in [0.1, 0.15) is 0 Å². The fourth-order valence-electron chi connectivity index (χ4n) is 2.86. The maximum Gasteiger partial charge on any atom is 0.241 e. The highest BCUT2D eigenvalue weighted by Crippen LogP contribution is 2.20. The SMILES string of the molecule is CC(C)C(CCN)CCC(=O)NCC(=O)N1CCCCC1. The van der Waals surface area contributed by atoms with Crippen LogP contribution in [0.25, 0.3) is 0 Å². The Hall–Kier alpha value is -1.10. The summed E-state index contributed by atoms with van der Waals surface area (Å²) in [5, 5.41) is 2.75. The van der Waals surface area contributed by atoms with Gasteiger partial charge in [-0.2, -0.15) is 0 Å². The summed E-state index contributed by atoms with van der Waals surface area (Å²) in [6.45, 7) is 6.80. The van der Waals surface area contributed by atoms with Crippen LogP contribution in [-0.2, 0) is 9.59 Å². The summed E-state index contributed by atoms with van der Waals surface area (Å²) in [5.74, 6) is 1.04. The summed E-state index contributed by atoms with van der Waals surface area (Å²) in [6.07, 6.45) is 5.64. The van der Waals surface area contributed by atoms with Crippen LogP contribution >= 0.6 is 0 Å². The van der Waals surface area contributed by atoms with E-state index in [-0.39, 0.29) is 18.4 Å². The van der Waals surface area contributed by atoms with Crippen LogP contribution in [0.2, 0.25) is 0 Å². The van der Waals surface area contributed by atoms with Crippen molar-refractivity contribution >= 4 is 11.8 Å². The van der Waals surface area contributed by atoms with E-state index in [2.05, 4.69) is 19.2 Å². The largest absolute Gasteiger partial charge is 0.347 e. The number of nitrogens with one attached hydrogen (secondary N) is 1. The molecular formula is C16H31N3O2. The number of likely N-dealkylation sites (tertiary alicyclic amines) is 1. The fourth-order valence-corrected chi connectivity index (χ4v) is 2.86. The monoisotopic (exact) mass is 297 g/mol. The Bertz CT molecular complexity index is 325. The molecule has 0 aromatic rings. The molecule has 5 heteroatoms. The molecule has 1 heterocycles. The summed E-state index contributed by atoms with van der Waals surface area (Å²) >= 11 is 0. The summed E-state index contributed by atoms with van der Waals surface area (Å²) in [5.41, 5.74) is 5.60. The van der Waals surface area contributed by atoms with Gasteiger partial charge < -0.3 is 16.0 Å². The number of rotatable bonds is 8. The maximum atomic E-state index is 11.9. The number of carbonyl (C=O) groups excluding carboxylic acids is 2. The van der Waals surface area contributed by atoms with Gasteiger partial charge in [0.25, 0.3) is 0 Å². The molecule has 0 aromatic heterocycles. The zero-order valence-electron chi connectivity index (χ0n) is 13.6. The molecule has 1 rings (SSSR count). The highest BCUT2D eigenvalue weighted by molar-refractivity contribution is 5.84. The predicted molar refractivity (Wildman–Crippen MR) is 84.7 cm³/mol. The molecule has 3 N–H and O–H groups in total. The van der Waals surface area contributed by atoms with Crippen molar-refractivity contribution in [2.24, 2.45) is 17.6 Å². The summed E-state index contributed by atoms with van der Waals surface area (Å²) in [4.78, 5) is 25.7. The van der Waals surface area contributed by atoms with Gasteiger partial charge in [-0.1, -0.05) is 13.8 Å². The minimum atomic E-state index is -0.0250. The van der Waals surface area contributed by atoms with Crippen molar-refractivity contribution in [2.75, 3.05) is 26.2 Å². The first-order chi connectivity index (χ1) is 10.0. The lowest BCUT2D eigenvalue weighted by atomic mass is 9.88. The number of nitrogens with zero attached hydrogens (tertiary/aromatic N) is 1. The lowest BCUT2D eigenvalue weighted by Crippen LogP contribution is -2.42. The summed E-state index contributed by atoms with van der Waals surface area (Å²) < 4.78 is 0. The molecule has 1 aliphatic heterocycles. The molecule has 0 bridgehead atoms. The van der Waals surface area contributed by atoms with Crippen LogP contribution in [0.5, 0.6) is 0 Å². The van der Waals surface area contributed by atoms with Crippen molar-refractivity contribution in [2.45, 2.75) is 52.4 Å². The van der Waals surface area contributed by atoms with Crippen molar-refractivity contribution in [3.63, 3.8) is 0 Å². The zero-order chi connectivity index (χ0) is 15.7. The molecule has 2 amide bonds. The van der Waals surface area contributed by atoms with Crippen LogP contribution in [0.4, 0.5) is 0 Å². The smallest absolute Gasteiger partial charge is 0.241 e. The standard InChI is InChI=1S/C16H31N3O2/c1-13(2)14(8-9-17)6-7-15(20)18-12-16(21)19-10-4-3-5-11-19/h13-14H,3-12,17H2,1-2H3,(H,18,20). The van der Waals surface area contributed by atoms with E-state index < -0.39 is 0 Å². The molecule has 0 radical (unpaired) electrons. The molecule has 5 nitrogen and oxygen atoms in total. The second-order valence-corrected chi connectivity index (χ2v) is 6.34. The van der Waals surface area contributed by atoms with Crippen LogP contribution in [0.1, 0.15) is 52.4 Å². The molecule has 1 atom stereocenters. The van der Waals surface area contributed by atoms with Gasteiger partial charge in [0.05, 0.1) is 6.54 Å². The van der Waals surface area contributed by atoms with Crippen LogP contribution in [0.15, 0.2) is 0 Å². The first kappa shape index (κ1) is 18.0. The van der Waals surface area contributed by atoms with Gasteiger partial charge in [0.2, 0.25) is 11.8 Å². The van der Waals surface area contributed by atoms with Crippen LogP contribution in [0, 0.1) is 11.8 Å². The van der Waals surface area contributed by atoms with Gasteiger partial charge >= 0.3 is 0 Å². The van der Waals surface area contributed by atoms with E-state index in [9.17, 15) is 9.59 Å². The first-order valence-electron chi connectivity index (χ1n) is 8.29. The summed E-state index contributed by atoms with van der Waals surface area (Å²) in [6, 6.07) is 0. The molecule has 1 fully saturated rings. The topological polar surface area (TPSA) is 75.4 Å². The van der Waals surface area contributed by atoms with E-state index in [1.165, 1.54) is 6.42 Å². The van der Waals surface area contributed by atoms with Gasteiger partial charge in [-0.25, -0.2) is 0 Å². The summed E-state index contributed by atoms with van der Waals surface area (Å²) in [7, 11) is 0. The highest BCUT2D eigenvalue weighted by Gasteiger charge is 2.18. The van der Waals surface area contributed by atoms with E-state index in [0.29, 0.717) is 24.8 Å². The van der Waals surface area contributed by atoms with Crippen LogP contribution < -0.4 is 11.1 Å². The average molecular weight is 297 g/mol. The Kier molecular flexibility index (Phi) is 8.35. The molecule has 0 saturated carbocycles. The van der Waals surface area contributed by atoms with Crippen molar-refractivity contribution in [1.29, 1.82) is 0 Å². The Morgan fingerprint density at radius 1 is 1.14 bits per heavy atom.